The average Bonchev–Trinajstić information content (AvgIpc) is 2.82. The second-order valence-corrected chi connectivity index (χ2v) is 4.83. The lowest BCUT2D eigenvalue weighted by Gasteiger charge is -2.11. The molecule has 0 aliphatic rings. The van der Waals surface area contributed by atoms with Crippen LogP contribution < -0.4 is 5.73 Å². The Bertz CT molecular complexity index is 442. The minimum atomic E-state index is -0.168. The smallest absolute Gasteiger partial charge is 0.124 e. The second kappa shape index (κ2) is 5.19. The summed E-state index contributed by atoms with van der Waals surface area (Å²) in [6.07, 6.45) is 2.76. The van der Waals surface area contributed by atoms with Crippen molar-refractivity contribution in [2.45, 2.75) is 26.3 Å². The molecule has 2 N–H and O–H groups in total. The van der Waals surface area contributed by atoms with Gasteiger partial charge < -0.3 is 10.2 Å². The third-order valence-electron chi connectivity index (χ3n) is 2.83. The molecule has 90 valence electrons. The van der Waals surface area contributed by atoms with Crippen molar-refractivity contribution in [2.24, 2.45) is 11.7 Å². The fraction of sp³-hybridized carbons (Fsp3) is 0.333. The third kappa shape index (κ3) is 2.98. The molecule has 0 saturated heterocycles. The Morgan fingerprint density at radius 3 is 2.35 bits per heavy atom. The molecule has 0 bridgehead atoms. The monoisotopic (exact) mass is 229 g/mol. The summed E-state index contributed by atoms with van der Waals surface area (Å²) in [4.78, 5) is 0. The van der Waals surface area contributed by atoms with Crippen LogP contribution in [0.25, 0.3) is 0 Å². The van der Waals surface area contributed by atoms with Crippen molar-refractivity contribution in [3.05, 3.63) is 59.5 Å². The van der Waals surface area contributed by atoms with Gasteiger partial charge in [0.2, 0.25) is 0 Å². The van der Waals surface area contributed by atoms with Crippen LogP contribution in [0.1, 0.15) is 36.8 Å². The lowest BCUT2D eigenvalue weighted by molar-refractivity contribution is 0.490. The molecule has 0 radical (unpaired) electrons. The molecular weight excluding hydrogens is 210 g/mol. The van der Waals surface area contributed by atoms with Gasteiger partial charge in [-0.05, 0) is 35.6 Å². The van der Waals surface area contributed by atoms with E-state index >= 15 is 0 Å². The third-order valence-corrected chi connectivity index (χ3v) is 2.83. The summed E-state index contributed by atoms with van der Waals surface area (Å²) >= 11 is 0. The van der Waals surface area contributed by atoms with Gasteiger partial charge in [-0.15, -0.1) is 0 Å². The van der Waals surface area contributed by atoms with Crippen LogP contribution in [0, 0.1) is 5.92 Å². The van der Waals surface area contributed by atoms with Crippen LogP contribution in [0.5, 0.6) is 0 Å². The highest BCUT2D eigenvalue weighted by Gasteiger charge is 2.11. The molecule has 1 unspecified atom stereocenters. The predicted octanol–water partition coefficient (Wildman–Crippen LogP) is 3.53. The molecule has 0 fully saturated rings. The number of nitrogens with two attached hydrogens (primary N) is 1. The van der Waals surface area contributed by atoms with Crippen molar-refractivity contribution in [2.75, 3.05) is 0 Å². The molecule has 2 heteroatoms. The standard InChI is InChI=1S/C15H19NO/c1-11(2)10-12-5-7-13(8-6-12)15(16)14-4-3-9-17-14/h3-9,11,15H,10,16H2,1-2H3. The Kier molecular flexibility index (Phi) is 3.64. The van der Waals surface area contributed by atoms with Crippen LogP contribution in [0.3, 0.4) is 0 Å². The summed E-state index contributed by atoms with van der Waals surface area (Å²) in [6, 6.07) is 12.1. The zero-order valence-electron chi connectivity index (χ0n) is 10.4. The van der Waals surface area contributed by atoms with Crippen LogP contribution in [0.4, 0.5) is 0 Å². The van der Waals surface area contributed by atoms with Gasteiger partial charge >= 0.3 is 0 Å². The Hall–Kier alpha value is -1.54. The van der Waals surface area contributed by atoms with E-state index in [2.05, 4.69) is 38.1 Å². The number of furan rings is 1. The zero-order valence-corrected chi connectivity index (χ0v) is 10.4. The van der Waals surface area contributed by atoms with Crippen molar-refractivity contribution in [3.63, 3.8) is 0 Å². The molecule has 0 saturated carbocycles. The fourth-order valence-corrected chi connectivity index (χ4v) is 1.96. The van der Waals surface area contributed by atoms with Crippen molar-refractivity contribution in [1.29, 1.82) is 0 Å². The summed E-state index contributed by atoms with van der Waals surface area (Å²) in [6.45, 7) is 4.45. The summed E-state index contributed by atoms with van der Waals surface area (Å²) in [5.74, 6) is 1.49. The quantitative estimate of drug-likeness (QED) is 0.871. The predicted molar refractivity (Wildman–Crippen MR) is 69.7 cm³/mol. The number of rotatable bonds is 4. The van der Waals surface area contributed by atoms with E-state index in [1.165, 1.54) is 5.56 Å². The summed E-state index contributed by atoms with van der Waals surface area (Å²) in [5.41, 5.74) is 8.57. The maximum absolute atomic E-state index is 6.12. The Labute approximate surface area is 102 Å². The van der Waals surface area contributed by atoms with Gasteiger partial charge in [0.25, 0.3) is 0 Å². The van der Waals surface area contributed by atoms with Gasteiger partial charge in [0.05, 0.1) is 12.3 Å². The maximum atomic E-state index is 6.12. The van der Waals surface area contributed by atoms with Crippen molar-refractivity contribution >= 4 is 0 Å². The molecule has 1 aromatic heterocycles. The first-order valence-electron chi connectivity index (χ1n) is 6.04. The van der Waals surface area contributed by atoms with E-state index in [0.29, 0.717) is 5.92 Å². The fourth-order valence-electron chi connectivity index (χ4n) is 1.96. The van der Waals surface area contributed by atoms with E-state index in [9.17, 15) is 0 Å². The Morgan fingerprint density at radius 2 is 1.82 bits per heavy atom. The zero-order chi connectivity index (χ0) is 12.3. The maximum Gasteiger partial charge on any atom is 0.124 e. The normalized spacial score (nSPS) is 12.9. The van der Waals surface area contributed by atoms with Gasteiger partial charge in [-0.2, -0.15) is 0 Å². The Morgan fingerprint density at radius 1 is 1.12 bits per heavy atom. The topological polar surface area (TPSA) is 39.2 Å². The minimum Gasteiger partial charge on any atom is -0.467 e. The molecule has 0 aliphatic carbocycles. The summed E-state index contributed by atoms with van der Waals surface area (Å²) < 4.78 is 5.32. The van der Waals surface area contributed by atoms with Crippen LogP contribution in [0.15, 0.2) is 47.1 Å². The minimum absolute atomic E-state index is 0.168. The summed E-state index contributed by atoms with van der Waals surface area (Å²) in [7, 11) is 0. The van der Waals surface area contributed by atoms with E-state index in [0.717, 1.165) is 17.7 Å². The first-order chi connectivity index (χ1) is 8.16. The van der Waals surface area contributed by atoms with Gasteiger partial charge in [0.1, 0.15) is 5.76 Å². The second-order valence-electron chi connectivity index (χ2n) is 4.83. The van der Waals surface area contributed by atoms with E-state index in [4.69, 9.17) is 10.2 Å². The lowest BCUT2D eigenvalue weighted by atomic mass is 9.99. The number of benzene rings is 1. The Balaban J connectivity index is 2.12. The van der Waals surface area contributed by atoms with Crippen molar-refractivity contribution in [1.82, 2.24) is 0 Å². The molecule has 2 rings (SSSR count). The average molecular weight is 229 g/mol. The van der Waals surface area contributed by atoms with Gasteiger partial charge in [0, 0.05) is 0 Å². The van der Waals surface area contributed by atoms with Crippen LogP contribution in [-0.2, 0) is 6.42 Å². The van der Waals surface area contributed by atoms with Gasteiger partial charge in [-0.25, -0.2) is 0 Å². The lowest BCUT2D eigenvalue weighted by Crippen LogP contribution is -2.10. The molecule has 0 amide bonds. The SMILES string of the molecule is CC(C)Cc1ccc(C(N)c2ccco2)cc1. The van der Waals surface area contributed by atoms with E-state index in [-0.39, 0.29) is 6.04 Å². The molecule has 1 atom stereocenters. The first kappa shape index (κ1) is 11.9. The van der Waals surface area contributed by atoms with Gasteiger partial charge in [0.15, 0.2) is 0 Å². The van der Waals surface area contributed by atoms with E-state index in [1.54, 1.807) is 6.26 Å². The van der Waals surface area contributed by atoms with E-state index in [1.807, 2.05) is 12.1 Å². The largest absolute Gasteiger partial charge is 0.467 e. The van der Waals surface area contributed by atoms with Gasteiger partial charge in [-0.1, -0.05) is 38.1 Å². The molecule has 1 heterocycles. The highest BCUT2D eigenvalue weighted by atomic mass is 16.3. The molecular formula is C15H19NO. The highest BCUT2D eigenvalue weighted by Crippen LogP contribution is 2.20. The summed E-state index contributed by atoms with van der Waals surface area (Å²) in [5, 5.41) is 0. The highest BCUT2D eigenvalue weighted by molar-refractivity contribution is 5.29. The van der Waals surface area contributed by atoms with Crippen molar-refractivity contribution in [3.8, 4) is 0 Å². The van der Waals surface area contributed by atoms with Crippen LogP contribution in [-0.4, -0.2) is 0 Å². The first-order valence-corrected chi connectivity index (χ1v) is 6.04. The molecule has 0 spiro atoms. The van der Waals surface area contributed by atoms with Crippen molar-refractivity contribution < 1.29 is 4.42 Å². The van der Waals surface area contributed by atoms with E-state index < -0.39 is 0 Å². The molecule has 2 nitrogen and oxygen atoms in total. The molecule has 2 aromatic rings. The molecule has 0 aliphatic heterocycles. The number of hydrogen-bond acceptors (Lipinski definition) is 2. The van der Waals surface area contributed by atoms with Gasteiger partial charge in [-0.3, -0.25) is 0 Å². The van der Waals surface area contributed by atoms with Crippen LogP contribution in [0.2, 0.25) is 0 Å². The molecule has 17 heavy (non-hydrogen) atoms. The molecule has 1 aromatic carbocycles. The number of hydrogen-bond donors (Lipinski definition) is 1. The van der Waals surface area contributed by atoms with Crippen LogP contribution >= 0.6 is 0 Å².